The molecule has 0 saturated carbocycles. The van der Waals surface area contributed by atoms with Crippen LogP contribution in [0.25, 0.3) is 0 Å². The van der Waals surface area contributed by atoms with E-state index >= 15 is 0 Å². The molecule has 0 spiro atoms. The molecule has 0 radical (unpaired) electrons. The smallest absolute Gasteiger partial charge is 0.127 e. The van der Waals surface area contributed by atoms with E-state index < -0.39 is 0 Å². The van der Waals surface area contributed by atoms with Crippen LogP contribution >= 0.6 is 0 Å². The Kier molecular flexibility index (Phi) is 4.48. The summed E-state index contributed by atoms with van der Waals surface area (Å²) < 4.78 is 2.18. The van der Waals surface area contributed by atoms with E-state index in [4.69, 9.17) is 10.7 Å². The molecular weight excluding hydrogens is 246 g/mol. The molecule has 0 aliphatic rings. The van der Waals surface area contributed by atoms with E-state index in [1.807, 2.05) is 6.07 Å². The molecule has 2 aromatic rings. The Balaban J connectivity index is 2.44. The minimum atomic E-state index is 0.229. The molecule has 1 heterocycles. The summed E-state index contributed by atoms with van der Waals surface area (Å²) in [6.07, 6.45) is 2.06. The third-order valence-corrected chi connectivity index (χ3v) is 3.75. The van der Waals surface area contributed by atoms with Crippen molar-refractivity contribution < 1.29 is 0 Å². The number of aryl methyl sites for hydroxylation is 1. The Bertz CT molecular complexity index is 555. The van der Waals surface area contributed by atoms with Crippen LogP contribution in [0, 0.1) is 0 Å². The quantitative estimate of drug-likeness (QED) is 0.887. The van der Waals surface area contributed by atoms with Gasteiger partial charge in [-0.25, -0.2) is 4.98 Å². The van der Waals surface area contributed by atoms with Crippen LogP contribution < -0.4 is 5.73 Å². The summed E-state index contributed by atoms with van der Waals surface area (Å²) in [6, 6.07) is 10.8. The molecular formula is C17H25N3. The van der Waals surface area contributed by atoms with Gasteiger partial charge in [-0.1, -0.05) is 44.2 Å². The second-order valence-electron chi connectivity index (χ2n) is 5.64. The van der Waals surface area contributed by atoms with Gasteiger partial charge in [-0.15, -0.1) is 0 Å². The second kappa shape index (κ2) is 6.12. The highest BCUT2D eigenvalue weighted by atomic mass is 15.2. The highest BCUT2D eigenvalue weighted by molar-refractivity contribution is 5.45. The first kappa shape index (κ1) is 14.6. The largest absolute Gasteiger partial charge is 0.384 e. The van der Waals surface area contributed by atoms with Crippen molar-refractivity contribution in [3.8, 4) is 0 Å². The topological polar surface area (TPSA) is 43.8 Å². The molecule has 0 aliphatic carbocycles. The number of hydrogen-bond acceptors (Lipinski definition) is 2. The third-order valence-electron chi connectivity index (χ3n) is 3.75. The van der Waals surface area contributed by atoms with Crippen LogP contribution in [-0.2, 0) is 6.42 Å². The molecule has 20 heavy (non-hydrogen) atoms. The zero-order chi connectivity index (χ0) is 14.7. The fraction of sp³-hybridized carbons (Fsp3) is 0.471. The normalized spacial score (nSPS) is 12.8. The lowest BCUT2D eigenvalue weighted by molar-refractivity contribution is 0.571. The van der Waals surface area contributed by atoms with Gasteiger partial charge in [-0.2, -0.15) is 0 Å². The van der Waals surface area contributed by atoms with Crippen molar-refractivity contribution in [1.82, 2.24) is 9.55 Å². The first-order valence-electron chi connectivity index (χ1n) is 7.47. The van der Waals surface area contributed by atoms with Gasteiger partial charge in [-0.3, -0.25) is 0 Å². The van der Waals surface area contributed by atoms with E-state index in [0.717, 1.165) is 30.2 Å². The van der Waals surface area contributed by atoms with E-state index in [0.29, 0.717) is 6.04 Å². The first-order valence-corrected chi connectivity index (χ1v) is 7.47. The number of benzene rings is 1. The van der Waals surface area contributed by atoms with Crippen molar-refractivity contribution >= 4 is 5.82 Å². The highest BCUT2D eigenvalue weighted by Crippen LogP contribution is 2.31. The fourth-order valence-corrected chi connectivity index (χ4v) is 2.71. The predicted molar refractivity (Wildman–Crippen MR) is 85.0 cm³/mol. The Morgan fingerprint density at radius 1 is 1.15 bits per heavy atom. The molecule has 3 nitrogen and oxygen atoms in total. The minimum absolute atomic E-state index is 0.229. The van der Waals surface area contributed by atoms with Gasteiger partial charge in [0.2, 0.25) is 0 Å². The summed E-state index contributed by atoms with van der Waals surface area (Å²) in [5, 5.41) is 0. The van der Waals surface area contributed by atoms with Crippen molar-refractivity contribution in [3.63, 3.8) is 0 Å². The number of hydrogen-bond donors (Lipinski definition) is 1. The van der Waals surface area contributed by atoms with Crippen LogP contribution in [0.4, 0.5) is 5.82 Å². The van der Waals surface area contributed by atoms with Crippen molar-refractivity contribution in [3.05, 3.63) is 47.4 Å². The number of imidazole rings is 1. The average Bonchev–Trinajstić information content (AvgIpc) is 2.76. The van der Waals surface area contributed by atoms with Crippen molar-refractivity contribution in [2.45, 2.75) is 52.5 Å². The molecule has 3 heteroatoms. The van der Waals surface area contributed by atoms with E-state index in [2.05, 4.69) is 56.5 Å². The number of nitrogen functional groups attached to an aromatic ring is 1. The van der Waals surface area contributed by atoms with Crippen molar-refractivity contribution in [2.75, 3.05) is 5.73 Å². The first-order chi connectivity index (χ1) is 9.56. The van der Waals surface area contributed by atoms with E-state index in [1.165, 1.54) is 5.56 Å². The zero-order valence-corrected chi connectivity index (χ0v) is 12.9. The fourth-order valence-electron chi connectivity index (χ4n) is 2.71. The van der Waals surface area contributed by atoms with Crippen LogP contribution in [0.5, 0.6) is 0 Å². The van der Waals surface area contributed by atoms with Crippen LogP contribution in [0.2, 0.25) is 0 Å². The summed E-state index contributed by atoms with van der Waals surface area (Å²) in [7, 11) is 0. The highest BCUT2D eigenvalue weighted by Gasteiger charge is 2.21. The van der Waals surface area contributed by atoms with Gasteiger partial charge < -0.3 is 10.3 Å². The Labute approximate surface area is 121 Å². The lowest BCUT2D eigenvalue weighted by Gasteiger charge is -2.14. The van der Waals surface area contributed by atoms with Gasteiger partial charge >= 0.3 is 0 Å². The second-order valence-corrected chi connectivity index (χ2v) is 5.64. The minimum Gasteiger partial charge on any atom is -0.384 e. The predicted octanol–water partition coefficient (Wildman–Crippen LogP) is 4.15. The van der Waals surface area contributed by atoms with E-state index in [-0.39, 0.29) is 5.92 Å². The molecule has 0 fully saturated rings. The SMILES string of the molecule is CCCc1nc(C(C)c2ccccc2)c(N)n1C(C)C. The van der Waals surface area contributed by atoms with Gasteiger partial charge in [0.25, 0.3) is 0 Å². The molecule has 0 aliphatic heterocycles. The molecule has 1 unspecified atom stereocenters. The Morgan fingerprint density at radius 3 is 2.35 bits per heavy atom. The van der Waals surface area contributed by atoms with Crippen molar-refractivity contribution in [1.29, 1.82) is 0 Å². The molecule has 108 valence electrons. The maximum absolute atomic E-state index is 6.37. The van der Waals surface area contributed by atoms with Gasteiger partial charge in [0.05, 0.1) is 5.69 Å². The van der Waals surface area contributed by atoms with Gasteiger partial charge in [0.1, 0.15) is 11.6 Å². The molecule has 1 aromatic heterocycles. The molecule has 2 rings (SSSR count). The number of nitrogens with two attached hydrogens (primary N) is 1. The van der Waals surface area contributed by atoms with Gasteiger partial charge in [0.15, 0.2) is 0 Å². The molecule has 0 saturated heterocycles. The maximum Gasteiger partial charge on any atom is 0.127 e. The zero-order valence-electron chi connectivity index (χ0n) is 12.9. The monoisotopic (exact) mass is 271 g/mol. The van der Waals surface area contributed by atoms with Crippen LogP contribution in [-0.4, -0.2) is 9.55 Å². The summed E-state index contributed by atoms with van der Waals surface area (Å²) >= 11 is 0. The van der Waals surface area contributed by atoms with Crippen LogP contribution in [0.1, 0.15) is 63.2 Å². The van der Waals surface area contributed by atoms with Gasteiger partial charge in [-0.05, 0) is 25.8 Å². The summed E-state index contributed by atoms with van der Waals surface area (Å²) in [5.74, 6) is 2.16. The lowest BCUT2D eigenvalue weighted by atomic mass is 9.98. The number of rotatable bonds is 5. The Hall–Kier alpha value is -1.77. The number of nitrogens with zero attached hydrogens (tertiary/aromatic N) is 2. The Morgan fingerprint density at radius 2 is 1.80 bits per heavy atom. The van der Waals surface area contributed by atoms with E-state index in [1.54, 1.807) is 0 Å². The number of anilines is 1. The summed E-state index contributed by atoms with van der Waals surface area (Å²) in [6.45, 7) is 8.67. The lowest BCUT2D eigenvalue weighted by Crippen LogP contribution is -2.10. The van der Waals surface area contributed by atoms with E-state index in [9.17, 15) is 0 Å². The molecule has 0 bridgehead atoms. The average molecular weight is 271 g/mol. The molecule has 1 atom stereocenters. The summed E-state index contributed by atoms with van der Waals surface area (Å²) in [5.41, 5.74) is 8.64. The molecule has 2 N–H and O–H groups in total. The maximum atomic E-state index is 6.37. The van der Waals surface area contributed by atoms with Crippen LogP contribution in [0.15, 0.2) is 30.3 Å². The van der Waals surface area contributed by atoms with Crippen molar-refractivity contribution in [2.24, 2.45) is 0 Å². The number of aromatic nitrogens is 2. The van der Waals surface area contributed by atoms with Crippen LogP contribution in [0.3, 0.4) is 0 Å². The standard InChI is InChI=1S/C17H25N3/c1-5-9-15-19-16(17(18)20(15)12(2)3)13(4)14-10-7-6-8-11-14/h6-8,10-13H,5,9,18H2,1-4H3. The third kappa shape index (κ3) is 2.72. The molecule has 0 amide bonds. The summed E-state index contributed by atoms with van der Waals surface area (Å²) in [4.78, 5) is 4.83. The van der Waals surface area contributed by atoms with Gasteiger partial charge in [0, 0.05) is 18.4 Å². The molecule has 1 aromatic carbocycles.